The molecule has 0 unspecified atom stereocenters. The fourth-order valence-electron chi connectivity index (χ4n) is 2.43. The topological polar surface area (TPSA) is 66.5 Å². The van der Waals surface area contributed by atoms with Gasteiger partial charge in [0.25, 0.3) is 0 Å². The zero-order valence-electron chi connectivity index (χ0n) is 15.3. The highest BCUT2D eigenvalue weighted by molar-refractivity contribution is 7.98. The first-order valence-electron chi connectivity index (χ1n) is 8.39. The van der Waals surface area contributed by atoms with Gasteiger partial charge in [0.05, 0.1) is 11.9 Å². The van der Waals surface area contributed by atoms with Gasteiger partial charge in [0, 0.05) is 23.1 Å². The minimum absolute atomic E-state index is 0.276. The van der Waals surface area contributed by atoms with E-state index in [9.17, 15) is 13.2 Å². The zero-order chi connectivity index (χ0) is 19.9. The Morgan fingerprint density at radius 3 is 2.59 bits per heavy atom. The Kier molecular flexibility index (Phi) is 8.01. The van der Waals surface area contributed by atoms with Crippen molar-refractivity contribution in [3.8, 4) is 0 Å². The molecule has 0 saturated carbocycles. The SMILES string of the molecule is Cc1ccccc1CSCCNC(=O)CN(c1cccc(Cl)c1)S(C)(=O)=O. The predicted octanol–water partition coefficient (Wildman–Crippen LogP) is 3.46. The molecule has 146 valence electrons. The molecule has 0 fully saturated rings. The summed E-state index contributed by atoms with van der Waals surface area (Å²) < 4.78 is 25.1. The molecule has 0 radical (unpaired) electrons. The van der Waals surface area contributed by atoms with Gasteiger partial charge >= 0.3 is 0 Å². The first-order valence-corrected chi connectivity index (χ1v) is 11.8. The summed E-state index contributed by atoms with van der Waals surface area (Å²) in [7, 11) is -3.60. The number of aryl methyl sites for hydroxylation is 1. The zero-order valence-corrected chi connectivity index (χ0v) is 17.7. The number of halogens is 1. The minimum atomic E-state index is -3.60. The number of nitrogens with one attached hydrogen (secondary N) is 1. The maximum Gasteiger partial charge on any atom is 0.240 e. The molecule has 0 saturated heterocycles. The molecule has 0 atom stereocenters. The Morgan fingerprint density at radius 2 is 1.93 bits per heavy atom. The summed E-state index contributed by atoms with van der Waals surface area (Å²) in [5.41, 5.74) is 2.89. The van der Waals surface area contributed by atoms with E-state index in [4.69, 9.17) is 11.6 Å². The van der Waals surface area contributed by atoms with Gasteiger partial charge in [0.1, 0.15) is 6.54 Å². The van der Waals surface area contributed by atoms with Gasteiger partial charge < -0.3 is 5.32 Å². The van der Waals surface area contributed by atoms with E-state index in [1.165, 1.54) is 17.2 Å². The van der Waals surface area contributed by atoms with Crippen LogP contribution in [-0.4, -0.2) is 39.4 Å². The molecule has 0 aromatic heterocycles. The Labute approximate surface area is 170 Å². The van der Waals surface area contributed by atoms with Crippen LogP contribution >= 0.6 is 23.4 Å². The number of rotatable bonds is 9. The van der Waals surface area contributed by atoms with Crippen LogP contribution in [0.2, 0.25) is 5.02 Å². The average Bonchev–Trinajstić information content (AvgIpc) is 2.60. The van der Waals surface area contributed by atoms with Crippen LogP contribution in [0.4, 0.5) is 5.69 Å². The molecular weight excluding hydrogens is 404 g/mol. The quantitative estimate of drug-likeness (QED) is 0.623. The lowest BCUT2D eigenvalue weighted by molar-refractivity contribution is -0.119. The number of hydrogen-bond donors (Lipinski definition) is 1. The van der Waals surface area contributed by atoms with Gasteiger partial charge in [-0.2, -0.15) is 11.8 Å². The van der Waals surface area contributed by atoms with Crippen molar-refractivity contribution < 1.29 is 13.2 Å². The van der Waals surface area contributed by atoms with Crippen molar-refractivity contribution in [2.24, 2.45) is 0 Å². The van der Waals surface area contributed by atoms with Gasteiger partial charge in [0.15, 0.2) is 0 Å². The van der Waals surface area contributed by atoms with E-state index < -0.39 is 10.0 Å². The molecule has 1 amide bonds. The van der Waals surface area contributed by atoms with E-state index in [1.807, 2.05) is 12.1 Å². The summed E-state index contributed by atoms with van der Waals surface area (Å²) in [5, 5.41) is 3.18. The van der Waals surface area contributed by atoms with Crippen LogP contribution in [0.5, 0.6) is 0 Å². The highest BCUT2D eigenvalue weighted by atomic mass is 35.5. The van der Waals surface area contributed by atoms with Gasteiger partial charge in [-0.1, -0.05) is 41.9 Å². The van der Waals surface area contributed by atoms with E-state index in [1.54, 1.807) is 30.0 Å². The molecule has 27 heavy (non-hydrogen) atoms. The summed E-state index contributed by atoms with van der Waals surface area (Å²) >= 11 is 7.65. The fourth-order valence-corrected chi connectivity index (χ4v) is 4.40. The second-order valence-corrected chi connectivity index (χ2v) is 9.53. The molecule has 0 bridgehead atoms. The van der Waals surface area contributed by atoms with E-state index in [0.717, 1.165) is 22.1 Å². The molecule has 0 aliphatic heterocycles. The Morgan fingerprint density at radius 1 is 1.19 bits per heavy atom. The van der Waals surface area contributed by atoms with E-state index in [0.29, 0.717) is 17.3 Å². The third-order valence-corrected chi connectivity index (χ3v) is 6.25. The van der Waals surface area contributed by atoms with Gasteiger partial charge in [-0.3, -0.25) is 9.10 Å². The first-order chi connectivity index (χ1) is 12.8. The monoisotopic (exact) mass is 426 g/mol. The van der Waals surface area contributed by atoms with E-state index in [2.05, 4.69) is 24.4 Å². The third kappa shape index (κ3) is 7.08. The lowest BCUT2D eigenvalue weighted by Gasteiger charge is -2.22. The number of nitrogens with zero attached hydrogens (tertiary/aromatic N) is 1. The highest BCUT2D eigenvalue weighted by Gasteiger charge is 2.20. The first kappa shape index (κ1) is 21.6. The molecule has 1 N–H and O–H groups in total. The molecule has 5 nitrogen and oxygen atoms in total. The Balaban J connectivity index is 1.83. The molecule has 8 heteroatoms. The molecule has 2 aromatic rings. The van der Waals surface area contributed by atoms with Crippen LogP contribution < -0.4 is 9.62 Å². The van der Waals surface area contributed by atoms with Crippen molar-refractivity contribution in [2.75, 3.05) is 29.4 Å². The number of amides is 1. The summed E-state index contributed by atoms with van der Waals surface area (Å²) in [4.78, 5) is 12.2. The summed E-state index contributed by atoms with van der Waals surface area (Å²) in [6, 6.07) is 14.6. The molecule has 0 aliphatic carbocycles. The highest BCUT2D eigenvalue weighted by Crippen LogP contribution is 2.21. The lowest BCUT2D eigenvalue weighted by Crippen LogP contribution is -2.41. The number of hydrogen-bond acceptors (Lipinski definition) is 4. The molecule has 2 rings (SSSR count). The largest absolute Gasteiger partial charge is 0.354 e. The Hall–Kier alpha value is -1.70. The van der Waals surface area contributed by atoms with Crippen molar-refractivity contribution >= 4 is 45.0 Å². The van der Waals surface area contributed by atoms with E-state index in [-0.39, 0.29) is 12.5 Å². The van der Waals surface area contributed by atoms with Gasteiger partial charge in [0.2, 0.25) is 15.9 Å². The van der Waals surface area contributed by atoms with Crippen molar-refractivity contribution in [3.63, 3.8) is 0 Å². The number of benzene rings is 2. The number of carbonyl (C=O) groups is 1. The van der Waals surface area contributed by atoms with Gasteiger partial charge in [-0.15, -0.1) is 0 Å². The maximum atomic E-state index is 12.2. The van der Waals surface area contributed by atoms with Crippen LogP contribution in [-0.2, 0) is 20.6 Å². The second-order valence-electron chi connectivity index (χ2n) is 6.08. The molecule has 2 aromatic carbocycles. The van der Waals surface area contributed by atoms with Crippen LogP contribution in [0.25, 0.3) is 0 Å². The summed E-state index contributed by atoms with van der Waals surface area (Å²) in [6.07, 6.45) is 1.07. The molecule has 0 aliphatic rings. The van der Waals surface area contributed by atoms with Crippen LogP contribution in [0, 0.1) is 6.92 Å². The molecule has 0 spiro atoms. The maximum absolute atomic E-state index is 12.2. The van der Waals surface area contributed by atoms with Crippen LogP contribution in [0.3, 0.4) is 0 Å². The molecule has 0 heterocycles. The summed E-state index contributed by atoms with van der Waals surface area (Å²) in [5.74, 6) is 1.27. The van der Waals surface area contributed by atoms with E-state index >= 15 is 0 Å². The van der Waals surface area contributed by atoms with Crippen molar-refractivity contribution in [1.29, 1.82) is 0 Å². The lowest BCUT2D eigenvalue weighted by atomic mass is 10.1. The average molecular weight is 427 g/mol. The number of thioether (sulfide) groups is 1. The molecular formula is C19H23ClN2O3S2. The smallest absolute Gasteiger partial charge is 0.240 e. The normalized spacial score (nSPS) is 11.2. The standard InChI is InChI=1S/C19H23ClN2O3S2/c1-15-6-3-4-7-16(15)14-26-11-10-21-19(23)13-22(27(2,24)25)18-9-5-8-17(20)12-18/h3-9,12H,10-11,13-14H2,1-2H3,(H,21,23). The number of sulfonamides is 1. The third-order valence-electron chi connectivity index (χ3n) is 3.87. The number of anilines is 1. The van der Waals surface area contributed by atoms with Crippen LogP contribution in [0.15, 0.2) is 48.5 Å². The van der Waals surface area contributed by atoms with Crippen molar-refractivity contribution in [2.45, 2.75) is 12.7 Å². The Bertz CT molecular complexity index is 888. The minimum Gasteiger partial charge on any atom is -0.354 e. The van der Waals surface area contributed by atoms with Gasteiger partial charge in [-0.05, 0) is 36.2 Å². The summed E-state index contributed by atoms with van der Waals surface area (Å²) in [6.45, 7) is 2.28. The predicted molar refractivity (Wildman–Crippen MR) is 114 cm³/mol. The van der Waals surface area contributed by atoms with Crippen LogP contribution in [0.1, 0.15) is 11.1 Å². The number of carbonyl (C=O) groups excluding carboxylic acids is 1. The fraction of sp³-hybridized carbons (Fsp3) is 0.316. The van der Waals surface area contributed by atoms with Crippen molar-refractivity contribution in [3.05, 3.63) is 64.7 Å². The van der Waals surface area contributed by atoms with Gasteiger partial charge in [-0.25, -0.2) is 8.42 Å². The second kappa shape index (κ2) is 10.0. The van der Waals surface area contributed by atoms with Crippen molar-refractivity contribution in [1.82, 2.24) is 5.32 Å².